The van der Waals surface area contributed by atoms with Gasteiger partial charge in [0.2, 0.25) is 0 Å². The molecule has 5 nitrogen and oxygen atoms in total. The second-order valence-corrected chi connectivity index (χ2v) is 7.84. The molecule has 1 aliphatic rings. The summed E-state index contributed by atoms with van der Waals surface area (Å²) >= 11 is 0. The fraction of sp³-hybridized carbons (Fsp3) is 0.533. The highest BCUT2D eigenvalue weighted by Crippen LogP contribution is 2.34. The van der Waals surface area contributed by atoms with E-state index in [1.54, 1.807) is 0 Å². The summed E-state index contributed by atoms with van der Waals surface area (Å²) in [5, 5.41) is 2.97. The molecule has 0 spiro atoms. The van der Waals surface area contributed by atoms with Crippen molar-refractivity contribution in [2.24, 2.45) is 5.92 Å². The molecule has 116 valence electrons. The molecule has 0 radical (unpaired) electrons. The maximum atomic E-state index is 12.3. The lowest BCUT2D eigenvalue weighted by Gasteiger charge is -2.17. The average molecular weight is 310 g/mol. The monoisotopic (exact) mass is 310 g/mol. The number of rotatable bonds is 6. The Kier molecular flexibility index (Phi) is 4.56. The zero-order chi connectivity index (χ0) is 15.6. The summed E-state index contributed by atoms with van der Waals surface area (Å²) in [5.74, 6) is 0.461. The Morgan fingerprint density at radius 3 is 2.57 bits per heavy atom. The van der Waals surface area contributed by atoms with Gasteiger partial charge < -0.3 is 11.1 Å². The molecule has 21 heavy (non-hydrogen) atoms. The number of benzene rings is 1. The third-order valence-electron chi connectivity index (χ3n) is 3.76. The third kappa shape index (κ3) is 4.46. The van der Waals surface area contributed by atoms with E-state index in [4.69, 9.17) is 5.73 Å². The van der Waals surface area contributed by atoms with Crippen molar-refractivity contribution in [1.29, 1.82) is 0 Å². The summed E-state index contributed by atoms with van der Waals surface area (Å²) in [6, 6.07) is 4.39. The quantitative estimate of drug-likeness (QED) is 0.786. The smallest absolute Gasteiger partial charge is 0.251 e. The second kappa shape index (κ2) is 6.05. The van der Waals surface area contributed by atoms with E-state index in [1.807, 2.05) is 6.92 Å². The number of carbonyl (C=O) groups excluding carboxylic acids is 1. The van der Waals surface area contributed by atoms with Gasteiger partial charge in [-0.05, 0) is 37.0 Å². The van der Waals surface area contributed by atoms with Gasteiger partial charge in [-0.1, -0.05) is 19.8 Å². The Morgan fingerprint density at radius 2 is 2.05 bits per heavy atom. The van der Waals surface area contributed by atoms with Crippen LogP contribution in [0.2, 0.25) is 0 Å². The van der Waals surface area contributed by atoms with Crippen LogP contribution in [0.1, 0.15) is 43.0 Å². The van der Waals surface area contributed by atoms with Crippen LogP contribution in [0.3, 0.4) is 0 Å². The number of nitrogen functional groups attached to an aromatic ring is 1. The normalized spacial score (nSPS) is 16.5. The molecule has 1 aromatic carbocycles. The number of anilines is 1. The van der Waals surface area contributed by atoms with E-state index in [-0.39, 0.29) is 22.5 Å². The van der Waals surface area contributed by atoms with Gasteiger partial charge in [0.05, 0.1) is 4.90 Å². The standard InChI is InChI=1S/C15H22N2O3S/c1-3-13(6-10-4-5-10)17-15(18)11-7-12(16)9-14(8-11)21(2,19)20/h7-10,13H,3-6,16H2,1-2H3,(H,17,18). The van der Waals surface area contributed by atoms with Crippen molar-refractivity contribution in [2.45, 2.75) is 43.5 Å². The van der Waals surface area contributed by atoms with Gasteiger partial charge in [0.15, 0.2) is 9.84 Å². The maximum absolute atomic E-state index is 12.3. The molecule has 1 amide bonds. The van der Waals surface area contributed by atoms with Crippen LogP contribution in [-0.4, -0.2) is 26.6 Å². The van der Waals surface area contributed by atoms with Gasteiger partial charge in [0.25, 0.3) is 5.91 Å². The number of hydrogen-bond acceptors (Lipinski definition) is 4. The van der Waals surface area contributed by atoms with Crippen LogP contribution in [0.5, 0.6) is 0 Å². The number of nitrogens with one attached hydrogen (secondary N) is 1. The highest BCUT2D eigenvalue weighted by Gasteiger charge is 2.26. The number of hydrogen-bond donors (Lipinski definition) is 2. The van der Waals surface area contributed by atoms with E-state index < -0.39 is 9.84 Å². The first-order valence-corrected chi connectivity index (χ1v) is 9.10. The minimum atomic E-state index is -3.38. The second-order valence-electron chi connectivity index (χ2n) is 5.82. The molecule has 3 N–H and O–H groups in total. The molecule has 6 heteroatoms. The van der Waals surface area contributed by atoms with Gasteiger partial charge in [0, 0.05) is 23.5 Å². The van der Waals surface area contributed by atoms with Crippen molar-refractivity contribution in [1.82, 2.24) is 5.32 Å². The van der Waals surface area contributed by atoms with Crippen molar-refractivity contribution >= 4 is 21.4 Å². The largest absolute Gasteiger partial charge is 0.399 e. The van der Waals surface area contributed by atoms with Gasteiger partial charge in [-0.15, -0.1) is 0 Å². The minimum absolute atomic E-state index is 0.0721. The zero-order valence-electron chi connectivity index (χ0n) is 12.4. The number of carbonyl (C=O) groups is 1. The van der Waals surface area contributed by atoms with E-state index in [0.29, 0.717) is 5.56 Å². The first-order chi connectivity index (χ1) is 9.79. The van der Waals surface area contributed by atoms with Crippen LogP contribution in [0.25, 0.3) is 0 Å². The van der Waals surface area contributed by atoms with Crippen LogP contribution in [0.15, 0.2) is 23.1 Å². The highest BCUT2D eigenvalue weighted by molar-refractivity contribution is 7.90. The molecule has 2 rings (SSSR count). The topological polar surface area (TPSA) is 89.3 Å². The van der Waals surface area contributed by atoms with Crippen LogP contribution in [0, 0.1) is 5.92 Å². The Bertz CT molecular complexity index is 636. The molecule has 1 aromatic rings. The number of nitrogens with two attached hydrogens (primary N) is 1. The SMILES string of the molecule is CCC(CC1CC1)NC(=O)c1cc(N)cc(S(C)(=O)=O)c1. The predicted octanol–water partition coefficient (Wildman–Crippen LogP) is 1.98. The summed E-state index contributed by atoms with van der Waals surface area (Å²) in [4.78, 5) is 12.4. The zero-order valence-corrected chi connectivity index (χ0v) is 13.2. The van der Waals surface area contributed by atoms with Crippen LogP contribution >= 0.6 is 0 Å². The van der Waals surface area contributed by atoms with Gasteiger partial charge in [-0.25, -0.2) is 8.42 Å². The average Bonchev–Trinajstić information content (AvgIpc) is 3.20. The third-order valence-corrected chi connectivity index (χ3v) is 4.85. The molecule has 0 saturated heterocycles. The molecule has 1 unspecified atom stereocenters. The van der Waals surface area contributed by atoms with E-state index in [1.165, 1.54) is 31.0 Å². The molecular formula is C15H22N2O3S. The summed E-state index contributed by atoms with van der Waals surface area (Å²) in [7, 11) is -3.38. The highest BCUT2D eigenvalue weighted by atomic mass is 32.2. The van der Waals surface area contributed by atoms with Crippen molar-refractivity contribution in [3.8, 4) is 0 Å². The molecule has 0 aromatic heterocycles. The van der Waals surface area contributed by atoms with Crippen molar-refractivity contribution in [2.75, 3.05) is 12.0 Å². The summed E-state index contributed by atoms with van der Waals surface area (Å²) in [6.45, 7) is 2.04. The summed E-state index contributed by atoms with van der Waals surface area (Å²) < 4.78 is 23.2. The summed E-state index contributed by atoms with van der Waals surface area (Å²) in [5.41, 5.74) is 6.28. The van der Waals surface area contributed by atoms with E-state index >= 15 is 0 Å². The molecule has 0 bridgehead atoms. The fourth-order valence-electron chi connectivity index (χ4n) is 2.32. The predicted molar refractivity (Wildman–Crippen MR) is 82.9 cm³/mol. The summed E-state index contributed by atoms with van der Waals surface area (Å²) in [6.07, 6.45) is 5.43. The van der Waals surface area contributed by atoms with Crippen LogP contribution < -0.4 is 11.1 Å². The van der Waals surface area contributed by atoms with Crippen LogP contribution in [-0.2, 0) is 9.84 Å². The Hall–Kier alpha value is -1.56. The lowest BCUT2D eigenvalue weighted by atomic mass is 10.1. The Balaban J connectivity index is 2.16. The first kappa shape index (κ1) is 15.8. The van der Waals surface area contributed by atoms with E-state index in [9.17, 15) is 13.2 Å². The molecule has 1 fully saturated rings. The molecule has 0 heterocycles. The number of amides is 1. The Morgan fingerprint density at radius 1 is 1.38 bits per heavy atom. The molecule has 1 aliphatic carbocycles. The van der Waals surface area contributed by atoms with Crippen molar-refractivity contribution in [3.05, 3.63) is 23.8 Å². The fourth-order valence-corrected chi connectivity index (χ4v) is 3.01. The van der Waals surface area contributed by atoms with Crippen LogP contribution in [0.4, 0.5) is 5.69 Å². The van der Waals surface area contributed by atoms with Gasteiger partial charge in [-0.3, -0.25) is 4.79 Å². The van der Waals surface area contributed by atoms with Gasteiger partial charge >= 0.3 is 0 Å². The van der Waals surface area contributed by atoms with Gasteiger partial charge in [0.1, 0.15) is 0 Å². The van der Waals surface area contributed by atoms with E-state index in [2.05, 4.69) is 5.32 Å². The van der Waals surface area contributed by atoms with E-state index in [0.717, 1.165) is 25.0 Å². The lowest BCUT2D eigenvalue weighted by molar-refractivity contribution is 0.0932. The number of sulfone groups is 1. The molecular weight excluding hydrogens is 288 g/mol. The minimum Gasteiger partial charge on any atom is -0.399 e. The molecule has 1 atom stereocenters. The molecule has 0 aliphatic heterocycles. The van der Waals surface area contributed by atoms with Crippen molar-refractivity contribution in [3.63, 3.8) is 0 Å². The maximum Gasteiger partial charge on any atom is 0.251 e. The molecule has 1 saturated carbocycles. The Labute approximate surface area is 125 Å². The first-order valence-electron chi connectivity index (χ1n) is 7.21. The lowest BCUT2D eigenvalue weighted by Crippen LogP contribution is -2.34. The van der Waals surface area contributed by atoms with Gasteiger partial charge in [-0.2, -0.15) is 0 Å². The van der Waals surface area contributed by atoms with Crippen molar-refractivity contribution < 1.29 is 13.2 Å².